The van der Waals surface area contributed by atoms with Crippen molar-refractivity contribution in [2.24, 2.45) is 5.16 Å². The molecule has 10 heteroatoms. The van der Waals surface area contributed by atoms with Crippen molar-refractivity contribution < 1.29 is 4.84 Å². The average molecular weight is 515 g/mol. The molecule has 0 amide bonds. The maximum atomic E-state index is 14.2. The van der Waals surface area contributed by atoms with Crippen molar-refractivity contribution in [3.05, 3.63) is 104 Å². The van der Waals surface area contributed by atoms with E-state index in [4.69, 9.17) is 16.4 Å². The van der Waals surface area contributed by atoms with Gasteiger partial charge in [-0.25, -0.2) is 9.97 Å². The highest BCUT2D eigenvalue weighted by molar-refractivity contribution is 6.36. The van der Waals surface area contributed by atoms with E-state index in [1.54, 1.807) is 17.6 Å². The van der Waals surface area contributed by atoms with E-state index in [1.165, 1.54) is 25.7 Å². The molecule has 0 saturated heterocycles. The molecule has 5 aromatic rings. The van der Waals surface area contributed by atoms with Crippen molar-refractivity contribution in [1.29, 1.82) is 0 Å². The lowest BCUT2D eigenvalue weighted by Gasteiger charge is -2.24. The molecule has 9 nitrogen and oxygen atoms in total. The Kier molecular flexibility index (Phi) is 6.45. The van der Waals surface area contributed by atoms with Crippen LogP contribution in [0.1, 0.15) is 31.1 Å². The fraction of sp³-hybridized carbons (Fsp3) is 0.148. The van der Waals surface area contributed by atoms with Crippen molar-refractivity contribution in [2.75, 3.05) is 12.4 Å². The summed E-state index contributed by atoms with van der Waals surface area (Å²) in [7, 11) is 1.46. The van der Waals surface area contributed by atoms with Crippen LogP contribution in [0.25, 0.3) is 27.5 Å². The number of hydrogen-bond acceptors (Lipinski definition) is 7. The molecule has 0 bridgehead atoms. The number of benzene rings is 2. The van der Waals surface area contributed by atoms with E-state index in [0.717, 1.165) is 0 Å². The quantitative estimate of drug-likeness (QED) is 0.248. The summed E-state index contributed by atoms with van der Waals surface area (Å²) in [4.78, 5) is 43.1. The van der Waals surface area contributed by atoms with Gasteiger partial charge in [0.1, 0.15) is 30.3 Å². The van der Waals surface area contributed by atoms with Gasteiger partial charge >= 0.3 is 0 Å². The first-order valence-corrected chi connectivity index (χ1v) is 11.9. The molecule has 1 unspecified atom stereocenters. The highest BCUT2D eigenvalue weighted by atomic mass is 35.5. The number of aromatic nitrogens is 4. The third kappa shape index (κ3) is 4.23. The molecule has 2 N–H and O–H groups in total. The Morgan fingerprint density at radius 1 is 1.08 bits per heavy atom. The van der Waals surface area contributed by atoms with Gasteiger partial charge in [-0.1, -0.05) is 53.2 Å². The number of pyridine rings is 2. The molecule has 186 valence electrons. The maximum Gasteiger partial charge on any atom is 0.264 e. The van der Waals surface area contributed by atoms with E-state index in [0.29, 0.717) is 55.3 Å². The van der Waals surface area contributed by atoms with Crippen molar-refractivity contribution in [3.8, 4) is 5.69 Å². The highest BCUT2D eigenvalue weighted by Gasteiger charge is 2.24. The number of nitrogens with one attached hydrogen (secondary N) is 2. The second-order valence-corrected chi connectivity index (χ2v) is 8.79. The van der Waals surface area contributed by atoms with Gasteiger partial charge in [-0.05, 0) is 26.0 Å². The van der Waals surface area contributed by atoms with Crippen molar-refractivity contribution in [3.63, 3.8) is 0 Å². The second-order valence-electron chi connectivity index (χ2n) is 8.42. The molecule has 0 spiro atoms. The standard InChI is InChI=1S/C27H23ClN6O3/c1-15(33-37-3)18-10-7-11-19-21(18)27(36)34(17-8-5-4-6-9-17)24(23(19)28)16(2)32-26-22-20(35)12-13-29-25(22)30-14-31-26/h4-14,16H,1-3H3,(H2,29,30,31,32,35). The molecule has 0 saturated carbocycles. The van der Waals surface area contributed by atoms with Gasteiger partial charge in [0.25, 0.3) is 5.56 Å². The summed E-state index contributed by atoms with van der Waals surface area (Å²) < 4.78 is 1.58. The number of fused-ring (bicyclic) bond motifs is 2. The summed E-state index contributed by atoms with van der Waals surface area (Å²) in [6.07, 6.45) is 2.90. The summed E-state index contributed by atoms with van der Waals surface area (Å²) in [5.41, 5.74) is 2.24. The Labute approximate surface area is 216 Å². The van der Waals surface area contributed by atoms with Crippen LogP contribution in [0.5, 0.6) is 0 Å². The molecule has 0 aliphatic rings. The minimum Gasteiger partial charge on any atom is -0.399 e. The second kappa shape index (κ2) is 9.87. The van der Waals surface area contributed by atoms with Gasteiger partial charge in [0.2, 0.25) is 0 Å². The van der Waals surface area contributed by atoms with Crippen LogP contribution in [0, 0.1) is 0 Å². The molecule has 0 radical (unpaired) electrons. The first kappa shape index (κ1) is 24.2. The Hall–Kier alpha value is -4.50. The van der Waals surface area contributed by atoms with Crippen LogP contribution in [0.15, 0.2) is 81.9 Å². The minimum absolute atomic E-state index is 0.230. The number of H-pyrrole nitrogens is 1. The van der Waals surface area contributed by atoms with E-state index in [-0.39, 0.29) is 11.0 Å². The Morgan fingerprint density at radius 3 is 2.62 bits per heavy atom. The fourth-order valence-corrected chi connectivity index (χ4v) is 4.92. The first-order chi connectivity index (χ1) is 17.9. The predicted octanol–water partition coefficient (Wildman–Crippen LogP) is 4.82. The smallest absolute Gasteiger partial charge is 0.264 e. The summed E-state index contributed by atoms with van der Waals surface area (Å²) in [6, 6.07) is 15.6. The van der Waals surface area contributed by atoms with Gasteiger partial charge in [0.15, 0.2) is 5.43 Å². The number of nitrogens with zero attached hydrogens (tertiary/aromatic N) is 4. The van der Waals surface area contributed by atoms with Crippen LogP contribution in [0.3, 0.4) is 0 Å². The molecule has 3 heterocycles. The third-order valence-electron chi connectivity index (χ3n) is 6.13. The van der Waals surface area contributed by atoms with Crippen molar-refractivity contribution in [2.45, 2.75) is 19.9 Å². The normalized spacial score (nSPS) is 12.6. The lowest BCUT2D eigenvalue weighted by molar-refractivity contribution is 0.213. The van der Waals surface area contributed by atoms with E-state index < -0.39 is 6.04 Å². The number of rotatable bonds is 6. The lowest BCUT2D eigenvalue weighted by atomic mass is 10.0. The maximum absolute atomic E-state index is 14.2. The fourth-order valence-electron chi connectivity index (χ4n) is 4.52. The van der Waals surface area contributed by atoms with Gasteiger partial charge < -0.3 is 15.1 Å². The Bertz CT molecular complexity index is 1770. The minimum atomic E-state index is -0.528. The van der Waals surface area contributed by atoms with Crippen LogP contribution < -0.4 is 16.3 Å². The van der Waals surface area contributed by atoms with Gasteiger partial charge in [0, 0.05) is 28.9 Å². The number of aromatic amines is 1. The largest absolute Gasteiger partial charge is 0.399 e. The van der Waals surface area contributed by atoms with E-state index in [2.05, 4.69) is 25.4 Å². The summed E-state index contributed by atoms with van der Waals surface area (Å²) in [6.45, 7) is 3.63. The monoisotopic (exact) mass is 514 g/mol. The first-order valence-electron chi connectivity index (χ1n) is 11.5. The topological polar surface area (TPSA) is 114 Å². The summed E-state index contributed by atoms with van der Waals surface area (Å²) in [5.74, 6) is 0.333. The van der Waals surface area contributed by atoms with Gasteiger partial charge in [-0.2, -0.15) is 0 Å². The van der Waals surface area contributed by atoms with Crippen molar-refractivity contribution >= 4 is 44.9 Å². The lowest BCUT2D eigenvalue weighted by Crippen LogP contribution is -2.27. The molecule has 2 aromatic carbocycles. The third-order valence-corrected chi connectivity index (χ3v) is 6.53. The molecule has 5 rings (SSSR count). The number of hydrogen-bond donors (Lipinski definition) is 2. The van der Waals surface area contributed by atoms with Crippen LogP contribution in [0.4, 0.5) is 5.82 Å². The zero-order valence-electron chi connectivity index (χ0n) is 20.3. The number of para-hydroxylation sites is 1. The molecular weight excluding hydrogens is 492 g/mol. The Balaban J connectivity index is 1.79. The van der Waals surface area contributed by atoms with E-state index in [1.807, 2.05) is 49.4 Å². The SMILES string of the molecule is CON=C(C)c1cccc2c(Cl)c(C(C)Nc3ncnc4[nH]ccc(=O)c34)n(-c3ccccc3)c(=O)c12. The van der Waals surface area contributed by atoms with Gasteiger partial charge in [-0.15, -0.1) is 0 Å². The summed E-state index contributed by atoms with van der Waals surface area (Å²) >= 11 is 7.06. The molecule has 1 atom stereocenters. The Morgan fingerprint density at radius 2 is 1.86 bits per heavy atom. The molecular formula is C27H23ClN6O3. The predicted molar refractivity (Wildman–Crippen MR) is 146 cm³/mol. The van der Waals surface area contributed by atoms with Crippen LogP contribution in [0.2, 0.25) is 5.02 Å². The van der Waals surface area contributed by atoms with Crippen molar-refractivity contribution in [1.82, 2.24) is 19.5 Å². The summed E-state index contributed by atoms with van der Waals surface area (Å²) in [5, 5.41) is 9.03. The molecule has 3 aromatic heterocycles. The van der Waals surface area contributed by atoms with Crippen LogP contribution in [-0.2, 0) is 4.84 Å². The average Bonchev–Trinajstić information content (AvgIpc) is 2.91. The number of halogens is 1. The zero-order valence-corrected chi connectivity index (χ0v) is 21.1. The molecule has 0 aliphatic carbocycles. The van der Waals surface area contributed by atoms with E-state index >= 15 is 0 Å². The van der Waals surface area contributed by atoms with Crippen LogP contribution in [-0.4, -0.2) is 32.3 Å². The molecule has 0 aliphatic heterocycles. The van der Waals surface area contributed by atoms with Crippen LogP contribution >= 0.6 is 11.6 Å². The van der Waals surface area contributed by atoms with Gasteiger partial charge in [0.05, 0.1) is 27.9 Å². The van der Waals surface area contributed by atoms with E-state index in [9.17, 15) is 9.59 Å². The number of anilines is 1. The number of oxime groups is 1. The van der Waals surface area contributed by atoms with Gasteiger partial charge in [-0.3, -0.25) is 14.2 Å². The zero-order chi connectivity index (χ0) is 26.1. The highest BCUT2D eigenvalue weighted by Crippen LogP contribution is 2.34. The molecule has 0 fully saturated rings. The molecule has 37 heavy (non-hydrogen) atoms.